The highest BCUT2D eigenvalue weighted by Gasteiger charge is 2.22. The van der Waals surface area contributed by atoms with E-state index >= 15 is 0 Å². The largest absolute Gasteiger partial charge is 0.481 e. The summed E-state index contributed by atoms with van der Waals surface area (Å²) in [5, 5.41) is 11.6. The van der Waals surface area contributed by atoms with Crippen LogP contribution in [-0.2, 0) is 4.79 Å². The predicted molar refractivity (Wildman–Crippen MR) is 94.7 cm³/mol. The van der Waals surface area contributed by atoms with E-state index in [0.29, 0.717) is 5.56 Å². The third-order valence-corrected chi connectivity index (χ3v) is 4.21. The number of rotatable bonds is 6. The smallest absolute Gasteiger partial charge is 0.305 e. The summed E-state index contributed by atoms with van der Waals surface area (Å²) in [6.07, 6.45) is -0.447. The average molecular weight is 344 g/mol. The molecule has 25 heavy (non-hydrogen) atoms. The maximum absolute atomic E-state index is 14.6. The molecular formula is C19H21FN2O3. The van der Waals surface area contributed by atoms with Gasteiger partial charge in [-0.3, -0.25) is 10.2 Å². The first-order valence-corrected chi connectivity index (χ1v) is 7.92. The first-order valence-electron chi connectivity index (χ1n) is 7.92. The molecule has 0 radical (unpaired) electrons. The minimum absolute atomic E-state index is 0.122. The van der Waals surface area contributed by atoms with E-state index in [9.17, 15) is 14.1 Å². The molecule has 2 N–H and O–H groups in total. The Hall–Kier alpha value is -2.76. The Kier molecular flexibility index (Phi) is 5.51. The van der Waals surface area contributed by atoms with Crippen molar-refractivity contribution in [3.63, 3.8) is 0 Å². The molecule has 1 atom stereocenters. The summed E-state index contributed by atoms with van der Waals surface area (Å²) in [6.45, 7) is 7.59. The summed E-state index contributed by atoms with van der Waals surface area (Å²) in [6, 6.07) is 6.38. The number of benzene rings is 2. The zero-order valence-electron chi connectivity index (χ0n) is 14.7. The molecule has 132 valence electrons. The minimum Gasteiger partial charge on any atom is -0.481 e. The highest BCUT2D eigenvalue weighted by molar-refractivity contribution is 5.73. The van der Waals surface area contributed by atoms with Crippen molar-refractivity contribution in [1.82, 2.24) is 5.43 Å². The van der Waals surface area contributed by atoms with Gasteiger partial charge in [0.1, 0.15) is 5.82 Å². The van der Waals surface area contributed by atoms with E-state index in [0.717, 1.165) is 27.8 Å². The first-order chi connectivity index (χ1) is 11.7. The van der Waals surface area contributed by atoms with Gasteiger partial charge in [-0.1, -0.05) is 17.7 Å². The Balaban J connectivity index is 2.65. The first kappa shape index (κ1) is 18.6. The van der Waals surface area contributed by atoms with Gasteiger partial charge in [0, 0.05) is 5.56 Å². The lowest BCUT2D eigenvalue weighted by molar-refractivity contribution is -0.137. The lowest BCUT2D eigenvalue weighted by Gasteiger charge is -2.19. The van der Waals surface area contributed by atoms with Gasteiger partial charge in [0.05, 0.1) is 17.7 Å². The summed E-state index contributed by atoms with van der Waals surface area (Å²) in [4.78, 5) is 21.6. The fourth-order valence-electron chi connectivity index (χ4n) is 3.29. The molecule has 2 rings (SSSR count). The molecule has 0 aromatic heterocycles. The molecule has 0 fully saturated rings. The summed E-state index contributed by atoms with van der Waals surface area (Å²) in [5.41, 5.74) is 7.66. The molecule has 0 aliphatic carbocycles. The molecule has 0 saturated heterocycles. The number of nitrogens with one attached hydrogen (secondary N) is 1. The van der Waals surface area contributed by atoms with Crippen LogP contribution in [-0.4, -0.2) is 11.1 Å². The molecule has 2 aromatic rings. The predicted octanol–water partition coefficient (Wildman–Crippen LogP) is 4.51. The Morgan fingerprint density at radius 1 is 1.12 bits per heavy atom. The molecule has 0 heterocycles. The standard InChI is InChI=1S/C19H21FN2O3/c1-10-5-11(2)18(12(3)6-10)14-7-13(4)19(20)15(8-14)16(21-22-25)9-17(23)24/h5-8,16H,9H2,1-4H3,(H,21,25)(H,23,24)/t16-/m0/s1. The normalized spacial score (nSPS) is 11.9. The zero-order chi connectivity index (χ0) is 18.7. The van der Waals surface area contributed by atoms with Crippen LogP contribution in [0.15, 0.2) is 29.6 Å². The number of hydrogen-bond acceptors (Lipinski definition) is 3. The van der Waals surface area contributed by atoms with Crippen molar-refractivity contribution in [3.8, 4) is 11.1 Å². The third-order valence-electron chi connectivity index (χ3n) is 4.21. The van der Waals surface area contributed by atoms with Crippen molar-refractivity contribution in [2.45, 2.75) is 40.2 Å². The number of nitrogens with zero attached hydrogens (tertiary/aromatic N) is 1. The summed E-state index contributed by atoms with van der Waals surface area (Å²) in [5.74, 6) is -1.68. The summed E-state index contributed by atoms with van der Waals surface area (Å²) >= 11 is 0. The zero-order valence-corrected chi connectivity index (χ0v) is 14.7. The van der Waals surface area contributed by atoms with Crippen molar-refractivity contribution in [1.29, 1.82) is 0 Å². The van der Waals surface area contributed by atoms with Gasteiger partial charge in [0.25, 0.3) is 0 Å². The number of aryl methyl sites for hydroxylation is 4. The van der Waals surface area contributed by atoms with Crippen molar-refractivity contribution in [2.24, 2.45) is 5.29 Å². The fraction of sp³-hybridized carbons (Fsp3) is 0.316. The van der Waals surface area contributed by atoms with Gasteiger partial charge in [0.15, 0.2) is 0 Å². The van der Waals surface area contributed by atoms with Crippen LogP contribution in [0.4, 0.5) is 4.39 Å². The molecule has 0 amide bonds. The number of halogens is 1. The van der Waals surface area contributed by atoms with E-state index in [2.05, 4.69) is 10.7 Å². The van der Waals surface area contributed by atoms with Crippen LogP contribution in [0.3, 0.4) is 0 Å². The average Bonchev–Trinajstić information content (AvgIpc) is 2.48. The van der Waals surface area contributed by atoms with E-state index in [1.807, 2.05) is 32.9 Å². The van der Waals surface area contributed by atoms with E-state index in [4.69, 9.17) is 5.11 Å². The van der Waals surface area contributed by atoms with E-state index in [1.54, 1.807) is 19.1 Å². The topological polar surface area (TPSA) is 78.8 Å². The molecule has 0 saturated carbocycles. The van der Waals surface area contributed by atoms with Crippen molar-refractivity contribution in [2.75, 3.05) is 0 Å². The SMILES string of the molecule is Cc1cc(C)c(-c2cc(C)c(F)c([C@H](CC(=O)O)NN=O)c2)c(C)c1. The van der Waals surface area contributed by atoms with E-state index in [1.165, 1.54) is 0 Å². The van der Waals surface area contributed by atoms with E-state index in [-0.39, 0.29) is 5.56 Å². The molecule has 0 bridgehead atoms. The highest BCUT2D eigenvalue weighted by Crippen LogP contribution is 2.33. The van der Waals surface area contributed by atoms with Gasteiger partial charge in [-0.25, -0.2) is 4.39 Å². The molecule has 0 aliphatic heterocycles. The van der Waals surface area contributed by atoms with Gasteiger partial charge in [-0.05, 0) is 67.6 Å². The number of carbonyl (C=O) groups is 1. The second-order valence-electron chi connectivity index (χ2n) is 6.34. The van der Waals surface area contributed by atoms with Crippen LogP contribution >= 0.6 is 0 Å². The fourth-order valence-corrected chi connectivity index (χ4v) is 3.29. The van der Waals surface area contributed by atoms with Crippen LogP contribution in [0.25, 0.3) is 11.1 Å². The van der Waals surface area contributed by atoms with Gasteiger partial charge < -0.3 is 5.11 Å². The number of carboxylic acids is 1. The Labute approximate surface area is 145 Å². The Bertz CT molecular complexity index is 811. The van der Waals surface area contributed by atoms with Crippen molar-refractivity contribution < 1.29 is 14.3 Å². The number of nitroso groups, excluding NO2 is 1. The minimum atomic E-state index is -1.15. The lowest BCUT2D eigenvalue weighted by Crippen LogP contribution is -2.20. The number of hydrogen-bond donors (Lipinski definition) is 2. The number of aliphatic carboxylic acids is 1. The van der Waals surface area contributed by atoms with Crippen LogP contribution in [0.2, 0.25) is 0 Å². The third kappa shape index (κ3) is 4.02. The van der Waals surface area contributed by atoms with Crippen LogP contribution in [0, 0.1) is 38.4 Å². The second-order valence-corrected chi connectivity index (χ2v) is 6.34. The highest BCUT2D eigenvalue weighted by atomic mass is 19.1. The van der Waals surface area contributed by atoms with Crippen LogP contribution in [0.5, 0.6) is 0 Å². The Morgan fingerprint density at radius 2 is 1.72 bits per heavy atom. The van der Waals surface area contributed by atoms with Gasteiger partial charge >= 0.3 is 5.97 Å². The molecule has 0 unspecified atom stereocenters. The molecular weight excluding hydrogens is 323 g/mol. The van der Waals surface area contributed by atoms with Crippen LogP contribution in [0.1, 0.15) is 40.3 Å². The molecule has 5 nitrogen and oxygen atoms in total. The van der Waals surface area contributed by atoms with Crippen LogP contribution < -0.4 is 5.43 Å². The Morgan fingerprint density at radius 3 is 2.24 bits per heavy atom. The maximum atomic E-state index is 14.6. The van der Waals surface area contributed by atoms with Gasteiger partial charge in [0.2, 0.25) is 0 Å². The second kappa shape index (κ2) is 7.42. The monoisotopic (exact) mass is 344 g/mol. The number of carboxylic acid groups (broad SMARTS) is 1. The van der Waals surface area contributed by atoms with Gasteiger partial charge in [-0.2, -0.15) is 0 Å². The van der Waals surface area contributed by atoms with Crippen molar-refractivity contribution in [3.05, 3.63) is 62.8 Å². The molecule has 0 aliphatic rings. The van der Waals surface area contributed by atoms with Gasteiger partial charge in [-0.15, -0.1) is 4.91 Å². The molecule has 2 aromatic carbocycles. The quantitative estimate of drug-likeness (QED) is 0.597. The molecule has 6 heteroatoms. The van der Waals surface area contributed by atoms with E-state index < -0.39 is 24.2 Å². The summed E-state index contributed by atoms with van der Waals surface area (Å²) in [7, 11) is 0. The maximum Gasteiger partial charge on any atom is 0.305 e. The summed E-state index contributed by atoms with van der Waals surface area (Å²) < 4.78 is 14.6. The molecule has 0 spiro atoms. The lowest BCUT2D eigenvalue weighted by atomic mass is 9.90. The van der Waals surface area contributed by atoms with Crippen molar-refractivity contribution >= 4 is 5.97 Å².